The molecule has 0 fully saturated rings. The van der Waals surface area contributed by atoms with Crippen LogP contribution in [0.15, 0.2) is 127 Å². The first-order valence-corrected chi connectivity index (χ1v) is 17.6. The summed E-state index contributed by atoms with van der Waals surface area (Å²) in [6.07, 6.45) is -0.113. The molecule has 266 valence electrons. The van der Waals surface area contributed by atoms with Crippen LogP contribution < -0.4 is 10.8 Å². The first-order valence-electron chi connectivity index (χ1n) is 17.6. The number of nitrogens with one attached hydrogen (secondary N) is 2. The van der Waals surface area contributed by atoms with Gasteiger partial charge in [0, 0.05) is 12.1 Å². The van der Waals surface area contributed by atoms with Crippen LogP contribution >= 0.6 is 0 Å². The van der Waals surface area contributed by atoms with Crippen LogP contribution in [0.2, 0.25) is 0 Å². The summed E-state index contributed by atoms with van der Waals surface area (Å²) in [6.45, 7) is 11.6. The Morgan fingerprint density at radius 2 is 1.25 bits per heavy atom. The molecule has 0 spiro atoms. The van der Waals surface area contributed by atoms with Crippen molar-refractivity contribution in [3.63, 3.8) is 0 Å². The summed E-state index contributed by atoms with van der Waals surface area (Å²) in [4.78, 5) is 39.2. The predicted octanol–water partition coefficient (Wildman–Crippen LogP) is 8.82. The summed E-state index contributed by atoms with van der Waals surface area (Å²) in [5.41, 5.74) is 9.54. The van der Waals surface area contributed by atoms with Crippen molar-refractivity contribution in [1.82, 2.24) is 20.3 Å². The molecule has 6 aromatic rings. The maximum atomic E-state index is 14.3. The van der Waals surface area contributed by atoms with Gasteiger partial charge in [0.05, 0.1) is 11.0 Å². The zero-order chi connectivity index (χ0) is 36.9. The maximum absolute atomic E-state index is 14.3. The van der Waals surface area contributed by atoms with Gasteiger partial charge >= 0.3 is 6.09 Å². The molecule has 5 aromatic carbocycles. The van der Waals surface area contributed by atoms with Gasteiger partial charge in [0.25, 0.3) is 5.91 Å². The molecule has 2 amide bonds. The lowest BCUT2D eigenvalue weighted by Crippen LogP contribution is -2.50. The van der Waals surface area contributed by atoms with Gasteiger partial charge in [0.1, 0.15) is 17.5 Å². The molecule has 0 saturated carbocycles. The Bertz CT molecular complexity index is 2040. The van der Waals surface area contributed by atoms with E-state index in [0.717, 1.165) is 55.9 Å². The number of hydrogen-bond acceptors (Lipinski definition) is 5. The minimum Gasteiger partial charge on any atom is -0.444 e. The number of aryl methyl sites for hydroxylation is 4. The molecule has 52 heavy (non-hydrogen) atoms. The zero-order valence-corrected chi connectivity index (χ0v) is 30.6. The molecule has 8 nitrogen and oxygen atoms in total. The van der Waals surface area contributed by atoms with E-state index in [0.29, 0.717) is 6.42 Å². The highest BCUT2D eigenvalue weighted by molar-refractivity contribution is 5.85. The van der Waals surface area contributed by atoms with E-state index in [1.807, 2.05) is 91.0 Å². The molecule has 1 heterocycles. The molecular formula is C44H46N4O4. The number of rotatable bonds is 11. The summed E-state index contributed by atoms with van der Waals surface area (Å²) in [6, 6.07) is 40.8. The van der Waals surface area contributed by atoms with E-state index in [4.69, 9.17) is 14.6 Å². The van der Waals surface area contributed by atoms with Crippen molar-refractivity contribution in [3.05, 3.63) is 167 Å². The number of alkyl carbamates (subject to hydrolysis) is 1. The van der Waals surface area contributed by atoms with Gasteiger partial charge in [-0.05, 0) is 100 Å². The Kier molecular flexibility index (Phi) is 10.6. The van der Waals surface area contributed by atoms with Crippen LogP contribution in [-0.4, -0.2) is 33.2 Å². The van der Waals surface area contributed by atoms with Crippen molar-refractivity contribution in [2.75, 3.05) is 0 Å². The van der Waals surface area contributed by atoms with Crippen molar-refractivity contribution in [3.8, 4) is 5.69 Å². The monoisotopic (exact) mass is 694 g/mol. The number of nitrogens with zero attached hydrogens (tertiary/aromatic N) is 2. The molecule has 2 N–H and O–H groups in total. The molecule has 1 atom stereocenters. The smallest absolute Gasteiger partial charge is 0.408 e. The summed E-state index contributed by atoms with van der Waals surface area (Å²) < 4.78 is 7.74. The van der Waals surface area contributed by atoms with Crippen LogP contribution in [0.1, 0.15) is 66.4 Å². The van der Waals surface area contributed by atoms with Crippen LogP contribution in [-0.2, 0) is 26.4 Å². The fourth-order valence-corrected chi connectivity index (χ4v) is 6.42. The second kappa shape index (κ2) is 15.3. The van der Waals surface area contributed by atoms with Crippen molar-refractivity contribution >= 4 is 23.0 Å². The third-order valence-corrected chi connectivity index (χ3v) is 9.14. The second-order valence-electron chi connectivity index (χ2n) is 14.2. The Balaban J connectivity index is 1.36. The lowest BCUT2D eigenvalue weighted by atomic mass is 9.80. The standard InChI is InChI=1S/C44H46N4O4/c1-30-22-24-36(25-23-30)48-39-29-32(3)31(2)28-38(39)45-40(48)27-26-37(46-42(50)51-43(4,5)6)41(49)47-52-44(33-16-10-7-11-17-33,34-18-12-8-13-19-34)35-20-14-9-15-21-35/h7-25,28-29,37H,26-27H2,1-6H3,(H,46,50)(H,47,49)/t37-/m0/s1. The van der Waals surface area contributed by atoms with E-state index in [9.17, 15) is 9.59 Å². The molecule has 0 aliphatic heterocycles. The van der Waals surface area contributed by atoms with Gasteiger partial charge in [-0.3, -0.25) is 14.2 Å². The first-order chi connectivity index (χ1) is 24.9. The number of carbonyl (C=O) groups is 2. The number of benzene rings is 5. The van der Waals surface area contributed by atoms with Crippen molar-refractivity contribution in [2.24, 2.45) is 0 Å². The molecule has 0 aliphatic carbocycles. The Hall–Kier alpha value is -5.73. The lowest BCUT2D eigenvalue weighted by Gasteiger charge is -2.35. The minimum absolute atomic E-state index is 0.219. The van der Waals surface area contributed by atoms with E-state index < -0.39 is 29.2 Å². The number of hydroxylamine groups is 1. The van der Waals surface area contributed by atoms with E-state index in [1.54, 1.807) is 20.8 Å². The molecule has 1 aromatic heterocycles. The van der Waals surface area contributed by atoms with Crippen molar-refractivity contribution in [1.29, 1.82) is 0 Å². The van der Waals surface area contributed by atoms with Gasteiger partial charge in [0.2, 0.25) is 0 Å². The highest BCUT2D eigenvalue weighted by Gasteiger charge is 2.40. The number of aromatic nitrogens is 2. The van der Waals surface area contributed by atoms with Gasteiger partial charge in [-0.15, -0.1) is 0 Å². The fourth-order valence-electron chi connectivity index (χ4n) is 6.42. The normalized spacial score (nSPS) is 12.3. The maximum Gasteiger partial charge on any atom is 0.408 e. The minimum atomic E-state index is -1.20. The van der Waals surface area contributed by atoms with Gasteiger partial charge in [-0.1, -0.05) is 109 Å². The number of hydrogen-bond donors (Lipinski definition) is 2. The highest BCUT2D eigenvalue weighted by Crippen LogP contribution is 2.39. The van der Waals surface area contributed by atoms with E-state index in [2.05, 4.69) is 72.5 Å². The lowest BCUT2D eigenvalue weighted by molar-refractivity contribution is -0.145. The molecule has 0 unspecified atom stereocenters. The molecule has 0 bridgehead atoms. The number of ether oxygens (including phenoxy) is 1. The topological polar surface area (TPSA) is 94.5 Å². The first kappa shape index (κ1) is 36.1. The fraction of sp³-hybridized carbons (Fsp3) is 0.250. The Morgan fingerprint density at radius 1 is 0.731 bits per heavy atom. The highest BCUT2D eigenvalue weighted by atomic mass is 16.7. The second-order valence-corrected chi connectivity index (χ2v) is 14.2. The number of carbonyl (C=O) groups excluding carboxylic acids is 2. The van der Waals surface area contributed by atoms with Crippen LogP contribution in [0.4, 0.5) is 4.79 Å². The average Bonchev–Trinajstić information content (AvgIpc) is 3.47. The quantitative estimate of drug-likeness (QED) is 0.104. The van der Waals surface area contributed by atoms with E-state index in [1.165, 1.54) is 0 Å². The van der Waals surface area contributed by atoms with Crippen LogP contribution in [0.25, 0.3) is 16.7 Å². The van der Waals surface area contributed by atoms with Crippen LogP contribution in [0.5, 0.6) is 0 Å². The summed E-state index contributed by atoms with van der Waals surface area (Å²) >= 11 is 0. The van der Waals surface area contributed by atoms with Gasteiger partial charge in [-0.25, -0.2) is 15.3 Å². The number of imidazole rings is 1. The van der Waals surface area contributed by atoms with Crippen molar-refractivity contribution in [2.45, 2.75) is 71.6 Å². The number of fused-ring (bicyclic) bond motifs is 1. The summed E-state index contributed by atoms with van der Waals surface area (Å²) in [7, 11) is 0. The summed E-state index contributed by atoms with van der Waals surface area (Å²) in [5, 5.41) is 2.83. The molecule has 6 rings (SSSR count). The summed E-state index contributed by atoms with van der Waals surface area (Å²) in [5.74, 6) is 0.239. The van der Waals surface area contributed by atoms with Gasteiger partial charge in [0.15, 0.2) is 5.60 Å². The predicted molar refractivity (Wildman–Crippen MR) is 205 cm³/mol. The van der Waals surface area contributed by atoms with Crippen LogP contribution in [0.3, 0.4) is 0 Å². The largest absolute Gasteiger partial charge is 0.444 e. The van der Waals surface area contributed by atoms with E-state index in [-0.39, 0.29) is 6.42 Å². The molecule has 0 radical (unpaired) electrons. The van der Waals surface area contributed by atoms with E-state index >= 15 is 0 Å². The number of amides is 2. The molecule has 0 saturated heterocycles. The SMILES string of the molecule is Cc1ccc(-n2c(CC[C@H](NC(=O)OC(C)(C)C)C(=O)NOC(c3ccccc3)(c3ccccc3)c3ccccc3)nc3cc(C)c(C)cc32)cc1. The molecule has 8 heteroatoms. The average molecular weight is 695 g/mol. The van der Waals surface area contributed by atoms with Gasteiger partial charge < -0.3 is 10.1 Å². The molecular weight excluding hydrogens is 649 g/mol. The Morgan fingerprint density at radius 3 is 1.77 bits per heavy atom. The van der Waals surface area contributed by atoms with Gasteiger partial charge in [-0.2, -0.15) is 0 Å². The third-order valence-electron chi connectivity index (χ3n) is 9.14. The molecule has 0 aliphatic rings. The van der Waals surface area contributed by atoms with Crippen LogP contribution in [0, 0.1) is 20.8 Å². The zero-order valence-electron chi connectivity index (χ0n) is 30.6. The third kappa shape index (κ3) is 7.92. The Labute approximate surface area is 305 Å². The van der Waals surface area contributed by atoms with Crippen molar-refractivity contribution < 1.29 is 19.2 Å².